The second kappa shape index (κ2) is 5.01. The maximum Gasteiger partial charge on any atom is 0.261 e. The molecule has 0 bridgehead atoms. The molecule has 2 atom stereocenters. The normalized spacial score (nSPS) is 25.7. The van der Waals surface area contributed by atoms with E-state index in [1.54, 1.807) is 24.3 Å². The van der Waals surface area contributed by atoms with Gasteiger partial charge in [0.2, 0.25) is 0 Å². The highest BCUT2D eigenvalue weighted by molar-refractivity contribution is 9.10. The summed E-state index contributed by atoms with van der Waals surface area (Å²) in [5, 5.41) is 14.0. The standard InChI is InChI=1S/C18H14BrNO3/c19-13-6-3-7-14-15(13)18(23,17(22)20-14)12-9-8-10-4-1-2-5-11(10)16(12)21/h1-7,12,23H,8-9H2,(H,20,22)/t12-,18+/m0/s1. The Kier molecular flexibility index (Phi) is 3.18. The summed E-state index contributed by atoms with van der Waals surface area (Å²) in [6.45, 7) is 0. The number of anilines is 1. The highest BCUT2D eigenvalue weighted by Crippen LogP contribution is 2.48. The number of nitrogens with one attached hydrogen (secondary N) is 1. The van der Waals surface area contributed by atoms with Crippen LogP contribution in [0.1, 0.15) is 27.9 Å². The number of amides is 1. The summed E-state index contributed by atoms with van der Waals surface area (Å²) in [6.07, 6.45) is 1.11. The molecule has 0 saturated carbocycles. The van der Waals surface area contributed by atoms with Crippen molar-refractivity contribution in [2.45, 2.75) is 18.4 Å². The van der Waals surface area contributed by atoms with Crippen LogP contribution >= 0.6 is 15.9 Å². The third-order valence-electron chi connectivity index (χ3n) is 4.80. The molecule has 4 nitrogen and oxygen atoms in total. The molecule has 1 aliphatic carbocycles. The van der Waals surface area contributed by atoms with E-state index in [-0.39, 0.29) is 5.78 Å². The van der Waals surface area contributed by atoms with Crippen LogP contribution in [0.4, 0.5) is 5.69 Å². The van der Waals surface area contributed by atoms with Gasteiger partial charge >= 0.3 is 0 Å². The maximum absolute atomic E-state index is 12.9. The minimum absolute atomic E-state index is 0.173. The van der Waals surface area contributed by atoms with Crippen molar-refractivity contribution < 1.29 is 14.7 Å². The molecule has 2 aromatic rings. The van der Waals surface area contributed by atoms with E-state index in [2.05, 4.69) is 21.2 Å². The Balaban J connectivity index is 1.86. The lowest BCUT2D eigenvalue weighted by Gasteiger charge is -2.33. The number of hydrogen-bond acceptors (Lipinski definition) is 3. The molecule has 0 unspecified atom stereocenters. The van der Waals surface area contributed by atoms with E-state index in [0.717, 1.165) is 5.56 Å². The van der Waals surface area contributed by atoms with Crippen LogP contribution in [0.5, 0.6) is 0 Å². The van der Waals surface area contributed by atoms with Crippen molar-refractivity contribution in [3.05, 3.63) is 63.6 Å². The van der Waals surface area contributed by atoms with E-state index in [1.807, 2.05) is 18.2 Å². The topological polar surface area (TPSA) is 66.4 Å². The number of aryl methyl sites for hydroxylation is 1. The predicted octanol–water partition coefficient (Wildman–Crippen LogP) is 3.03. The fourth-order valence-corrected chi connectivity index (χ4v) is 4.34. The SMILES string of the molecule is O=C1c2ccccc2CC[C@@H]1[C@]1(O)C(=O)Nc2cccc(Br)c21. The molecule has 2 aliphatic rings. The average molecular weight is 372 g/mol. The fourth-order valence-electron chi connectivity index (χ4n) is 3.68. The van der Waals surface area contributed by atoms with Gasteiger partial charge in [0, 0.05) is 21.3 Å². The number of carbonyl (C=O) groups excluding carboxylic acids is 2. The summed E-state index contributed by atoms with van der Waals surface area (Å²) in [5.74, 6) is -1.48. The number of benzene rings is 2. The van der Waals surface area contributed by atoms with Crippen LogP contribution in [-0.4, -0.2) is 16.8 Å². The van der Waals surface area contributed by atoms with Crippen LogP contribution in [0.15, 0.2) is 46.9 Å². The zero-order valence-electron chi connectivity index (χ0n) is 12.2. The molecule has 1 heterocycles. The van der Waals surface area contributed by atoms with Gasteiger partial charge in [-0.25, -0.2) is 0 Å². The van der Waals surface area contributed by atoms with E-state index in [1.165, 1.54) is 0 Å². The van der Waals surface area contributed by atoms with E-state index in [0.29, 0.717) is 34.1 Å². The number of aliphatic hydroxyl groups is 1. The van der Waals surface area contributed by atoms with Gasteiger partial charge in [-0.2, -0.15) is 0 Å². The molecular weight excluding hydrogens is 358 g/mol. The predicted molar refractivity (Wildman–Crippen MR) is 89.3 cm³/mol. The van der Waals surface area contributed by atoms with Gasteiger partial charge in [0.1, 0.15) is 0 Å². The summed E-state index contributed by atoms with van der Waals surface area (Å²) < 4.78 is 0.627. The summed E-state index contributed by atoms with van der Waals surface area (Å²) in [4.78, 5) is 25.4. The second-order valence-corrected chi connectivity index (χ2v) is 6.85. The van der Waals surface area contributed by atoms with Crippen molar-refractivity contribution in [3.63, 3.8) is 0 Å². The highest BCUT2D eigenvalue weighted by Gasteiger charge is 2.55. The Morgan fingerprint density at radius 2 is 1.91 bits per heavy atom. The summed E-state index contributed by atoms with van der Waals surface area (Å²) >= 11 is 3.41. The molecule has 5 heteroatoms. The highest BCUT2D eigenvalue weighted by atomic mass is 79.9. The van der Waals surface area contributed by atoms with E-state index in [4.69, 9.17) is 0 Å². The van der Waals surface area contributed by atoms with Crippen LogP contribution in [0, 0.1) is 5.92 Å². The third-order valence-corrected chi connectivity index (χ3v) is 5.46. The Morgan fingerprint density at radius 3 is 2.74 bits per heavy atom. The molecule has 0 fully saturated rings. The zero-order valence-corrected chi connectivity index (χ0v) is 13.8. The molecule has 2 N–H and O–H groups in total. The summed E-state index contributed by atoms with van der Waals surface area (Å²) in [5.41, 5.74) is 0.759. The number of carbonyl (C=O) groups is 2. The molecule has 4 rings (SSSR count). The average Bonchev–Trinajstić information content (AvgIpc) is 2.81. The van der Waals surface area contributed by atoms with Crippen LogP contribution in [0.2, 0.25) is 0 Å². The molecule has 116 valence electrons. The van der Waals surface area contributed by atoms with Crippen LogP contribution in [-0.2, 0) is 16.8 Å². The van der Waals surface area contributed by atoms with E-state index in [9.17, 15) is 14.7 Å². The Bertz CT molecular complexity index is 848. The molecule has 0 saturated heterocycles. The smallest absolute Gasteiger partial charge is 0.261 e. The Labute approximate surface area is 141 Å². The van der Waals surface area contributed by atoms with Crippen LogP contribution in [0.25, 0.3) is 0 Å². The first-order valence-corrected chi connectivity index (χ1v) is 8.27. The van der Waals surface area contributed by atoms with E-state index >= 15 is 0 Å². The van der Waals surface area contributed by atoms with Crippen molar-refractivity contribution in [2.24, 2.45) is 5.92 Å². The lowest BCUT2D eigenvalue weighted by molar-refractivity contribution is -0.138. The molecule has 23 heavy (non-hydrogen) atoms. The molecule has 0 aromatic heterocycles. The first-order chi connectivity index (χ1) is 11.0. The number of ketones is 1. The lowest BCUT2D eigenvalue weighted by Crippen LogP contribution is -2.47. The third kappa shape index (κ3) is 1.93. The van der Waals surface area contributed by atoms with Crippen LogP contribution in [0.3, 0.4) is 0 Å². The van der Waals surface area contributed by atoms with Gasteiger partial charge in [-0.05, 0) is 30.5 Å². The lowest BCUT2D eigenvalue weighted by atomic mass is 9.71. The number of halogens is 1. The minimum Gasteiger partial charge on any atom is -0.375 e. The zero-order chi connectivity index (χ0) is 16.2. The first-order valence-electron chi connectivity index (χ1n) is 7.48. The van der Waals surface area contributed by atoms with Gasteiger partial charge in [-0.15, -0.1) is 0 Å². The second-order valence-electron chi connectivity index (χ2n) is 6.00. The van der Waals surface area contributed by atoms with Gasteiger partial charge in [0.15, 0.2) is 11.4 Å². The van der Waals surface area contributed by atoms with Crippen LogP contribution < -0.4 is 5.32 Å². The van der Waals surface area contributed by atoms with Gasteiger partial charge in [0.05, 0.1) is 5.92 Å². The number of rotatable bonds is 1. The van der Waals surface area contributed by atoms with Crippen molar-refractivity contribution in [1.29, 1.82) is 0 Å². The monoisotopic (exact) mass is 371 g/mol. The number of hydrogen-bond donors (Lipinski definition) is 2. The Morgan fingerprint density at radius 1 is 1.13 bits per heavy atom. The van der Waals surface area contributed by atoms with Gasteiger partial charge in [0.25, 0.3) is 5.91 Å². The first kappa shape index (κ1) is 14.6. The summed E-state index contributed by atoms with van der Waals surface area (Å²) in [6, 6.07) is 12.7. The Hall–Kier alpha value is -1.98. The van der Waals surface area contributed by atoms with Gasteiger partial charge in [-0.1, -0.05) is 46.3 Å². The van der Waals surface area contributed by atoms with Crippen molar-refractivity contribution in [3.8, 4) is 0 Å². The van der Waals surface area contributed by atoms with Gasteiger partial charge < -0.3 is 10.4 Å². The molecule has 0 radical (unpaired) electrons. The quantitative estimate of drug-likeness (QED) is 0.809. The number of fused-ring (bicyclic) bond motifs is 2. The van der Waals surface area contributed by atoms with Crippen molar-refractivity contribution in [2.75, 3.05) is 5.32 Å². The van der Waals surface area contributed by atoms with Crippen molar-refractivity contribution in [1.82, 2.24) is 0 Å². The minimum atomic E-state index is -1.83. The molecular formula is C18H14BrNO3. The largest absolute Gasteiger partial charge is 0.375 e. The molecule has 0 spiro atoms. The summed E-state index contributed by atoms with van der Waals surface area (Å²) in [7, 11) is 0. The van der Waals surface area contributed by atoms with Crippen molar-refractivity contribution >= 4 is 33.3 Å². The van der Waals surface area contributed by atoms with E-state index < -0.39 is 17.4 Å². The molecule has 1 amide bonds. The van der Waals surface area contributed by atoms with Gasteiger partial charge in [-0.3, -0.25) is 9.59 Å². The molecule has 2 aromatic carbocycles. The number of Topliss-reactive ketones (excluding diaryl/α,β-unsaturated/α-hetero) is 1. The maximum atomic E-state index is 12.9. The molecule has 1 aliphatic heterocycles. The fraction of sp³-hybridized carbons (Fsp3) is 0.222.